The van der Waals surface area contributed by atoms with E-state index in [9.17, 15) is 0 Å². The molecule has 2 aromatic heterocycles. The molecule has 10 aromatic carbocycles. The number of fused-ring (bicyclic) bond motifs is 12. The summed E-state index contributed by atoms with van der Waals surface area (Å²) in [5.41, 5.74) is 19.0. The van der Waals surface area contributed by atoms with Crippen LogP contribution in [0.5, 0.6) is 0 Å². The molecule has 12 aromatic rings. The monoisotopic (exact) mass is 879 g/mol. The third kappa shape index (κ3) is 5.94. The maximum atomic E-state index is 5.28. The molecule has 0 N–H and O–H groups in total. The second-order valence-corrected chi connectivity index (χ2v) is 17.9. The van der Waals surface area contributed by atoms with Gasteiger partial charge in [0.2, 0.25) is 5.95 Å². The van der Waals surface area contributed by atoms with E-state index in [-0.39, 0.29) is 0 Å². The highest BCUT2D eigenvalue weighted by Crippen LogP contribution is 2.63. The van der Waals surface area contributed by atoms with E-state index in [2.05, 4.69) is 222 Å². The standard InChI is InChI=1S/C64H41N5/c1-4-18-42(19-5-1)43-32-36-48(37-33-43)68-57-29-15-11-25-50(57)52-41-47(35-39-58(52)68)46-34-38-54-51(40-46)49-24-10-12-26-53(49)64(54)55-27-13-16-30-59(55)69(60-31-17-14-28-56(60)64)63-66-61(44-20-6-2-7-21-44)65-62(67-63)45-22-8-3-9-23-45/h1-41H. The molecule has 5 heteroatoms. The van der Waals surface area contributed by atoms with E-state index in [1.54, 1.807) is 0 Å². The summed E-state index contributed by atoms with van der Waals surface area (Å²) in [6.07, 6.45) is 0. The van der Waals surface area contributed by atoms with Crippen LogP contribution < -0.4 is 4.90 Å². The lowest BCUT2D eigenvalue weighted by Crippen LogP contribution is -2.36. The third-order valence-electron chi connectivity index (χ3n) is 14.3. The number of anilines is 3. The smallest absolute Gasteiger partial charge is 0.238 e. The van der Waals surface area contributed by atoms with Crippen LogP contribution in [0.2, 0.25) is 0 Å². The van der Waals surface area contributed by atoms with E-state index in [0.717, 1.165) is 28.2 Å². The molecule has 14 rings (SSSR count). The molecule has 3 heterocycles. The highest BCUT2D eigenvalue weighted by Gasteiger charge is 2.52. The molecule has 0 amide bonds. The fraction of sp³-hybridized carbons (Fsp3) is 0.0156. The van der Waals surface area contributed by atoms with E-state index in [4.69, 9.17) is 15.0 Å². The van der Waals surface area contributed by atoms with Gasteiger partial charge in [-0.1, -0.05) is 200 Å². The van der Waals surface area contributed by atoms with Crippen molar-refractivity contribution in [2.24, 2.45) is 0 Å². The van der Waals surface area contributed by atoms with E-state index in [1.807, 2.05) is 36.4 Å². The summed E-state index contributed by atoms with van der Waals surface area (Å²) in [5, 5.41) is 2.46. The second kappa shape index (κ2) is 15.4. The first-order valence-corrected chi connectivity index (χ1v) is 23.5. The molecular weight excluding hydrogens is 839 g/mol. The van der Waals surface area contributed by atoms with Gasteiger partial charge in [0.1, 0.15) is 0 Å². The first-order chi connectivity index (χ1) is 34.2. The van der Waals surface area contributed by atoms with Crippen molar-refractivity contribution in [1.82, 2.24) is 19.5 Å². The zero-order chi connectivity index (χ0) is 45.5. The summed E-state index contributed by atoms with van der Waals surface area (Å²) in [4.78, 5) is 17.8. The number of benzene rings is 10. The highest BCUT2D eigenvalue weighted by atomic mass is 15.3. The van der Waals surface area contributed by atoms with Crippen LogP contribution in [0.3, 0.4) is 0 Å². The minimum Gasteiger partial charge on any atom is -0.309 e. The van der Waals surface area contributed by atoms with Crippen molar-refractivity contribution in [3.05, 3.63) is 271 Å². The molecule has 0 saturated carbocycles. The average Bonchev–Trinajstić information content (AvgIpc) is 3.92. The minimum absolute atomic E-state index is 0.570. The van der Waals surface area contributed by atoms with Crippen LogP contribution in [0, 0.1) is 0 Å². The molecule has 0 saturated heterocycles. The van der Waals surface area contributed by atoms with Crippen molar-refractivity contribution >= 4 is 39.1 Å². The first kappa shape index (κ1) is 39.0. The largest absolute Gasteiger partial charge is 0.309 e. The molecule has 2 aliphatic rings. The first-order valence-electron chi connectivity index (χ1n) is 23.5. The molecule has 1 aliphatic heterocycles. The van der Waals surface area contributed by atoms with Gasteiger partial charge in [-0.15, -0.1) is 0 Å². The van der Waals surface area contributed by atoms with Crippen molar-refractivity contribution in [3.8, 4) is 61.8 Å². The van der Waals surface area contributed by atoms with Gasteiger partial charge in [-0.05, 0) is 104 Å². The Hall–Kier alpha value is -9.19. The second-order valence-electron chi connectivity index (χ2n) is 17.9. The van der Waals surface area contributed by atoms with Crippen LogP contribution >= 0.6 is 0 Å². The topological polar surface area (TPSA) is 46.8 Å². The van der Waals surface area contributed by atoms with Gasteiger partial charge in [0.05, 0.1) is 27.8 Å². The number of rotatable bonds is 6. The Morgan fingerprint density at radius 2 is 0.783 bits per heavy atom. The Labute approximate surface area is 399 Å². The predicted octanol–water partition coefficient (Wildman–Crippen LogP) is 15.8. The maximum Gasteiger partial charge on any atom is 0.238 e. The Kier molecular flexibility index (Phi) is 8.73. The lowest BCUT2D eigenvalue weighted by molar-refractivity contribution is 0.749. The quantitative estimate of drug-likeness (QED) is 0.167. The molecule has 0 bridgehead atoms. The summed E-state index contributed by atoms with van der Waals surface area (Å²) in [6.45, 7) is 0. The van der Waals surface area contributed by atoms with E-state index in [1.165, 1.54) is 77.4 Å². The van der Waals surface area contributed by atoms with Gasteiger partial charge in [0, 0.05) is 27.6 Å². The summed E-state index contributed by atoms with van der Waals surface area (Å²) in [7, 11) is 0. The Balaban J connectivity index is 0.928. The lowest BCUT2D eigenvalue weighted by Gasteiger charge is -2.44. The summed E-state index contributed by atoms with van der Waals surface area (Å²) >= 11 is 0. The molecule has 1 aliphatic carbocycles. The van der Waals surface area contributed by atoms with Gasteiger partial charge in [0.15, 0.2) is 11.6 Å². The summed E-state index contributed by atoms with van der Waals surface area (Å²) < 4.78 is 2.40. The molecular formula is C64H41N5. The lowest BCUT2D eigenvalue weighted by atomic mass is 9.64. The van der Waals surface area contributed by atoms with Gasteiger partial charge in [0.25, 0.3) is 0 Å². The van der Waals surface area contributed by atoms with Gasteiger partial charge < -0.3 is 4.57 Å². The van der Waals surface area contributed by atoms with Crippen molar-refractivity contribution in [1.29, 1.82) is 0 Å². The normalized spacial score (nSPS) is 13.0. The molecule has 0 radical (unpaired) electrons. The van der Waals surface area contributed by atoms with Gasteiger partial charge in [-0.2, -0.15) is 9.97 Å². The van der Waals surface area contributed by atoms with Crippen LogP contribution in [0.15, 0.2) is 249 Å². The fourth-order valence-corrected chi connectivity index (χ4v) is 11.3. The highest BCUT2D eigenvalue weighted by molar-refractivity contribution is 6.10. The molecule has 0 fully saturated rings. The molecule has 69 heavy (non-hydrogen) atoms. The van der Waals surface area contributed by atoms with Gasteiger partial charge >= 0.3 is 0 Å². The Morgan fingerprint density at radius 1 is 0.304 bits per heavy atom. The molecule has 5 nitrogen and oxygen atoms in total. The van der Waals surface area contributed by atoms with Crippen LogP contribution in [0.1, 0.15) is 22.3 Å². The molecule has 1 spiro atoms. The van der Waals surface area contributed by atoms with Gasteiger partial charge in [-0.25, -0.2) is 4.98 Å². The van der Waals surface area contributed by atoms with E-state index in [0.29, 0.717) is 17.6 Å². The zero-order valence-electron chi connectivity index (χ0n) is 37.4. The van der Waals surface area contributed by atoms with Crippen LogP contribution in [0.4, 0.5) is 17.3 Å². The zero-order valence-corrected chi connectivity index (χ0v) is 37.4. The Morgan fingerprint density at radius 3 is 1.45 bits per heavy atom. The molecule has 0 unspecified atom stereocenters. The third-order valence-corrected chi connectivity index (χ3v) is 14.3. The fourth-order valence-electron chi connectivity index (χ4n) is 11.3. The average molecular weight is 880 g/mol. The van der Waals surface area contributed by atoms with Crippen molar-refractivity contribution in [2.75, 3.05) is 4.90 Å². The Bertz CT molecular complexity index is 3850. The number of nitrogens with zero attached hydrogens (tertiary/aromatic N) is 5. The van der Waals surface area contributed by atoms with E-state index < -0.39 is 5.41 Å². The van der Waals surface area contributed by atoms with Gasteiger partial charge in [-0.3, -0.25) is 4.90 Å². The van der Waals surface area contributed by atoms with Crippen molar-refractivity contribution in [3.63, 3.8) is 0 Å². The summed E-state index contributed by atoms with van der Waals surface area (Å²) in [6, 6.07) is 89.4. The summed E-state index contributed by atoms with van der Waals surface area (Å²) in [5.74, 6) is 1.82. The van der Waals surface area contributed by atoms with Crippen molar-refractivity contribution < 1.29 is 0 Å². The SMILES string of the molecule is c1ccc(-c2ccc(-n3c4ccccc4c4cc(-c5ccc6c(c5)-c5ccccc5C65c6ccccc6N(c6nc(-c7ccccc7)nc(-c7ccccc7)n6)c6ccccc65)ccc43)cc2)cc1. The van der Waals surface area contributed by atoms with Crippen LogP contribution in [-0.2, 0) is 5.41 Å². The predicted molar refractivity (Wildman–Crippen MR) is 281 cm³/mol. The molecule has 322 valence electrons. The number of hydrogen-bond donors (Lipinski definition) is 0. The van der Waals surface area contributed by atoms with Crippen LogP contribution in [-0.4, -0.2) is 19.5 Å². The number of para-hydroxylation sites is 3. The number of hydrogen-bond acceptors (Lipinski definition) is 4. The van der Waals surface area contributed by atoms with Crippen molar-refractivity contribution in [2.45, 2.75) is 5.41 Å². The maximum absolute atomic E-state index is 5.28. The number of aromatic nitrogens is 4. The molecule has 0 atom stereocenters. The minimum atomic E-state index is -0.612. The van der Waals surface area contributed by atoms with E-state index >= 15 is 0 Å². The van der Waals surface area contributed by atoms with Crippen LogP contribution in [0.25, 0.3) is 83.6 Å².